The van der Waals surface area contributed by atoms with Gasteiger partial charge in [-0.15, -0.1) is 0 Å². The Bertz CT molecular complexity index is 28.9. The lowest BCUT2D eigenvalue weighted by Crippen LogP contribution is -1.96. The van der Waals surface area contributed by atoms with Crippen LogP contribution in [0.3, 0.4) is 0 Å². The standard InChI is InChI=1S/C4H9ClO2/c1-2-6-4-7-3-5/h2-4H2,1H3. The highest BCUT2D eigenvalue weighted by Crippen LogP contribution is 1.79. The Morgan fingerprint density at radius 2 is 2.14 bits per heavy atom. The fraction of sp³-hybridized carbons (Fsp3) is 1.00. The van der Waals surface area contributed by atoms with E-state index < -0.39 is 0 Å². The van der Waals surface area contributed by atoms with Crippen LogP contribution in [0.1, 0.15) is 6.92 Å². The average molecular weight is 125 g/mol. The molecular formula is C4H9ClO2. The quantitative estimate of drug-likeness (QED) is 0.319. The predicted molar refractivity (Wildman–Crippen MR) is 28.3 cm³/mol. The molecule has 0 saturated heterocycles. The molecule has 0 rings (SSSR count). The second-order valence-corrected chi connectivity index (χ2v) is 1.14. The first-order chi connectivity index (χ1) is 3.41. The molecule has 3 heteroatoms. The van der Waals surface area contributed by atoms with E-state index in [0.29, 0.717) is 13.4 Å². The van der Waals surface area contributed by atoms with Crippen molar-refractivity contribution in [1.82, 2.24) is 0 Å². The summed E-state index contributed by atoms with van der Waals surface area (Å²) in [5, 5.41) is 0. The molecule has 0 heterocycles. The van der Waals surface area contributed by atoms with E-state index in [1.165, 1.54) is 0 Å². The summed E-state index contributed by atoms with van der Waals surface area (Å²) >= 11 is 5.14. The van der Waals surface area contributed by atoms with E-state index in [9.17, 15) is 0 Å². The third kappa shape index (κ3) is 6.21. The van der Waals surface area contributed by atoms with E-state index in [1.54, 1.807) is 0 Å². The zero-order valence-corrected chi connectivity index (χ0v) is 5.07. The van der Waals surface area contributed by atoms with Crippen molar-refractivity contribution in [3.63, 3.8) is 0 Å². The van der Waals surface area contributed by atoms with E-state index in [-0.39, 0.29) is 6.07 Å². The van der Waals surface area contributed by atoms with Gasteiger partial charge in [0.1, 0.15) is 12.9 Å². The van der Waals surface area contributed by atoms with Crippen LogP contribution >= 0.6 is 11.6 Å². The minimum absolute atomic E-state index is 0.208. The highest BCUT2D eigenvalue weighted by atomic mass is 35.5. The van der Waals surface area contributed by atoms with Gasteiger partial charge in [0.2, 0.25) is 0 Å². The van der Waals surface area contributed by atoms with Crippen molar-refractivity contribution < 1.29 is 9.47 Å². The second kappa shape index (κ2) is 6.21. The van der Waals surface area contributed by atoms with E-state index in [1.807, 2.05) is 6.92 Å². The van der Waals surface area contributed by atoms with Gasteiger partial charge in [0.25, 0.3) is 0 Å². The van der Waals surface area contributed by atoms with Crippen molar-refractivity contribution in [3.8, 4) is 0 Å². The fourth-order valence-corrected chi connectivity index (χ4v) is 0.237. The Morgan fingerprint density at radius 3 is 2.57 bits per heavy atom. The molecule has 0 aromatic heterocycles. The Hall–Kier alpha value is 0.210. The van der Waals surface area contributed by atoms with Crippen LogP contribution < -0.4 is 0 Å². The van der Waals surface area contributed by atoms with E-state index in [4.69, 9.17) is 16.3 Å². The van der Waals surface area contributed by atoms with Crippen molar-refractivity contribution in [2.24, 2.45) is 0 Å². The minimum atomic E-state index is 0.208. The van der Waals surface area contributed by atoms with Gasteiger partial charge in [0, 0.05) is 6.61 Å². The fourth-order valence-electron chi connectivity index (χ4n) is 0.174. The molecule has 0 spiro atoms. The predicted octanol–water partition coefficient (Wildman–Crippen LogP) is 1.19. The summed E-state index contributed by atoms with van der Waals surface area (Å²) in [5.74, 6) is 0. The van der Waals surface area contributed by atoms with Crippen LogP contribution in [0.5, 0.6) is 0 Å². The molecular weight excluding hydrogens is 115 g/mol. The van der Waals surface area contributed by atoms with Crippen LogP contribution in [-0.4, -0.2) is 19.5 Å². The molecule has 7 heavy (non-hydrogen) atoms. The van der Waals surface area contributed by atoms with E-state index in [0.717, 1.165) is 0 Å². The average Bonchev–Trinajstić information content (AvgIpc) is 1.69. The zero-order chi connectivity index (χ0) is 5.54. The van der Waals surface area contributed by atoms with Crippen LogP contribution in [-0.2, 0) is 9.47 Å². The molecule has 0 aromatic carbocycles. The van der Waals surface area contributed by atoms with Gasteiger partial charge in [-0.1, -0.05) is 11.6 Å². The first-order valence-corrected chi connectivity index (χ1v) is 2.66. The van der Waals surface area contributed by atoms with Gasteiger partial charge < -0.3 is 9.47 Å². The Kier molecular flexibility index (Phi) is 6.40. The normalized spacial score (nSPS) is 9.43. The molecule has 0 atom stereocenters. The number of halogens is 1. The van der Waals surface area contributed by atoms with Crippen LogP contribution in [0.15, 0.2) is 0 Å². The van der Waals surface area contributed by atoms with E-state index >= 15 is 0 Å². The van der Waals surface area contributed by atoms with Gasteiger partial charge in [0.05, 0.1) is 0 Å². The summed E-state index contributed by atoms with van der Waals surface area (Å²) in [6, 6.07) is 0.208. The lowest BCUT2D eigenvalue weighted by molar-refractivity contribution is -0.0325. The van der Waals surface area contributed by atoms with Gasteiger partial charge in [-0.3, -0.25) is 0 Å². The zero-order valence-electron chi connectivity index (χ0n) is 4.32. The molecule has 0 aliphatic rings. The van der Waals surface area contributed by atoms with Gasteiger partial charge in [-0.25, -0.2) is 0 Å². The molecule has 2 nitrogen and oxygen atoms in total. The highest BCUT2D eigenvalue weighted by Gasteiger charge is 1.77. The first kappa shape index (κ1) is 7.21. The van der Waals surface area contributed by atoms with Crippen molar-refractivity contribution in [3.05, 3.63) is 0 Å². The van der Waals surface area contributed by atoms with Crippen LogP contribution in [0.4, 0.5) is 0 Å². The number of hydrogen-bond acceptors (Lipinski definition) is 2. The van der Waals surface area contributed by atoms with Crippen molar-refractivity contribution in [2.75, 3.05) is 19.5 Å². The maximum absolute atomic E-state index is 5.14. The Balaban J connectivity index is 2.45. The summed E-state index contributed by atoms with van der Waals surface area (Å²) < 4.78 is 9.38. The topological polar surface area (TPSA) is 18.5 Å². The lowest BCUT2D eigenvalue weighted by atomic mass is 10.9. The van der Waals surface area contributed by atoms with Gasteiger partial charge in [-0.05, 0) is 6.92 Å². The van der Waals surface area contributed by atoms with Crippen LogP contribution in [0, 0.1) is 0 Å². The largest absolute Gasteiger partial charge is 0.356 e. The van der Waals surface area contributed by atoms with Crippen molar-refractivity contribution in [1.29, 1.82) is 0 Å². The second-order valence-electron chi connectivity index (χ2n) is 0.924. The summed E-state index contributed by atoms with van der Waals surface area (Å²) in [6.45, 7) is 2.88. The molecule has 0 radical (unpaired) electrons. The number of ether oxygens (including phenoxy) is 2. The van der Waals surface area contributed by atoms with Crippen molar-refractivity contribution in [2.45, 2.75) is 6.92 Å². The molecule has 0 saturated carbocycles. The summed E-state index contributed by atoms with van der Waals surface area (Å²) in [6.07, 6.45) is 0. The minimum Gasteiger partial charge on any atom is -0.356 e. The van der Waals surface area contributed by atoms with E-state index in [2.05, 4.69) is 4.74 Å². The maximum atomic E-state index is 5.14. The summed E-state index contributed by atoms with van der Waals surface area (Å²) in [5.41, 5.74) is 0. The molecule has 0 unspecified atom stereocenters. The number of hydrogen-bond donors (Lipinski definition) is 0. The first-order valence-electron chi connectivity index (χ1n) is 2.13. The SMILES string of the molecule is CCOCOCCl. The Morgan fingerprint density at radius 1 is 1.43 bits per heavy atom. The molecule has 0 aliphatic heterocycles. The molecule has 44 valence electrons. The lowest BCUT2D eigenvalue weighted by Gasteiger charge is -1.96. The molecule has 0 bridgehead atoms. The van der Waals surface area contributed by atoms with Crippen molar-refractivity contribution >= 4 is 11.6 Å². The number of alkyl halides is 1. The molecule has 0 aliphatic carbocycles. The van der Waals surface area contributed by atoms with Crippen LogP contribution in [0.25, 0.3) is 0 Å². The van der Waals surface area contributed by atoms with Gasteiger partial charge in [0.15, 0.2) is 0 Å². The maximum Gasteiger partial charge on any atom is 0.148 e. The third-order valence-corrected chi connectivity index (χ3v) is 0.602. The molecule has 0 amide bonds. The molecule has 0 fully saturated rings. The smallest absolute Gasteiger partial charge is 0.148 e. The monoisotopic (exact) mass is 124 g/mol. The third-order valence-electron chi connectivity index (χ3n) is 0.448. The Labute approximate surface area is 48.4 Å². The highest BCUT2D eigenvalue weighted by molar-refractivity contribution is 6.17. The van der Waals surface area contributed by atoms with Gasteiger partial charge in [-0.2, -0.15) is 0 Å². The van der Waals surface area contributed by atoms with Gasteiger partial charge >= 0.3 is 0 Å². The van der Waals surface area contributed by atoms with Crippen LogP contribution in [0.2, 0.25) is 0 Å². The number of rotatable bonds is 4. The molecule has 0 aromatic rings. The summed E-state index contributed by atoms with van der Waals surface area (Å²) in [4.78, 5) is 0. The molecule has 0 N–H and O–H groups in total. The summed E-state index contributed by atoms with van der Waals surface area (Å²) in [7, 11) is 0.